The molecule has 0 bridgehead atoms. The Morgan fingerprint density at radius 3 is 2.73 bits per heavy atom. The smallest absolute Gasteiger partial charge is 0.269 e. The number of hydrogen-bond donors (Lipinski definition) is 1. The highest BCUT2D eigenvalue weighted by Gasteiger charge is 2.18. The number of benzene rings is 2. The van der Waals surface area contributed by atoms with Crippen LogP contribution in [0.3, 0.4) is 0 Å². The van der Waals surface area contributed by atoms with E-state index in [-0.39, 0.29) is 18.2 Å². The normalized spacial score (nSPS) is 14.1. The largest absolute Gasteiger partial charge is 0.482 e. The first kappa shape index (κ1) is 19.5. The molecule has 0 unspecified atom stereocenters. The Balaban J connectivity index is 1.76. The maximum absolute atomic E-state index is 11.6. The van der Waals surface area contributed by atoms with Crippen LogP contribution in [0, 0.1) is 10.1 Å². The van der Waals surface area contributed by atoms with E-state index in [0.29, 0.717) is 21.9 Å². The van der Waals surface area contributed by atoms with Gasteiger partial charge in [0.1, 0.15) is 5.75 Å². The Bertz CT molecular complexity index is 1240. The number of aromatic nitrogens is 1. The average molecular weight is 423 g/mol. The van der Waals surface area contributed by atoms with Crippen LogP contribution in [0.4, 0.5) is 11.4 Å². The number of thiazole rings is 1. The zero-order valence-electron chi connectivity index (χ0n) is 16.2. The van der Waals surface area contributed by atoms with Gasteiger partial charge in [0, 0.05) is 30.1 Å². The summed E-state index contributed by atoms with van der Waals surface area (Å²) in [7, 11) is 1.68. The van der Waals surface area contributed by atoms with Crippen LogP contribution >= 0.6 is 11.3 Å². The van der Waals surface area contributed by atoms with E-state index < -0.39 is 4.92 Å². The van der Waals surface area contributed by atoms with Crippen LogP contribution in [0.5, 0.6) is 5.75 Å². The maximum Gasteiger partial charge on any atom is 0.269 e. The molecular weight excluding hydrogens is 406 g/mol. The molecule has 0 fully saturated rings. The zero-order valence-corrected chi connectivity index (χ0v) is 17.0. The third-order valence-electron chi connectivity index (χ3n) is 4.53. The van der Waals surface area contributed by atoms with Crippen molar-refractivity contribution in [2.75, 3.05) is 19.0 Å². The molecule has 30 heavy (non-hydrogen) atoms. The van der Waals surface area contributed by atoms with Crippen molar-refractivity contribution >= 4 is 34.3 Å². The molecule has 2 heterocycles. The Morgan fingerprint density at radius 1 is 1.27 bits per heavy atom. The summed E-state index contributed by atoms with van der Waals surface area (Å²) in [5.74, 6) is 0.417. The minimum atomic E-state index is -0.436. The molecule has 9 nitrogen and oxygen atoms in total. The first-order valence-electron chi connectivity index (χ1n) is 8.97. The van der Waals surface area contributed by atoms with E-state index in [1.165, 1.54) is 23.5 Å². The molecule has 1 amide bonds. The standard InChI is InChI=1S/C20H17N5O4S/c1-12(13-3-6-15(7-4-13)25(27)28)23-24-17(11-30-20(24)21-2)14-5-8-18-16(9-14)22-19(26)10-29-18/h3-9,11H,10H2,1-2H3,(H,22,26). The molecule has 0 spiro atoms. The van der Waals surface area contributed by atoms with Crippen LogP contribution in [-0.4, -0.2) is 34.9 Å². The minimum Gasteiger partial charge on any atom is -0.482 e. The summed E-state index contributed by atoms with van der Waals surface area (Å²) in [5, 5.41) is 20.3. The molecule has 1 aromatic heterocycles. The van der Waals surface area contributed by atoms with Crippen LogP contribution < -0.4 is 14.9 Å². The van der Waals surface area contributed by atoms with E-state index in [1.807, 2.05) is 30.5 Å². The number of amides is 1. The number of nitrogens with zero attached hydrogens (tertiary/aromatic N) is 4. The molecule has 0 atom stereocenters. The molecular formula is C20H17N5O4S. The predicted octanol–water partition coefficient (Wildman–Crippen LogP) is 3.26. The highest BCUT2D eigenvalue weighted by atomic mass is 32.1. The zero-order chi connectivity index (χ0) is 21.3. The van der Waals surface area contributed by atoms with E-state index in [0.717, 1.165) is 16.8 Å². The van der Waals surface area contributed by atoms with Crippen LogP contribution in [0.1, 0.15) is 12.5 Å². The Labute approximate surface area is 175 Å². The Morgan fingerprint density at radius 2 is 2.03 bits per heavy atom. The number of anilines is 1. The molecule has 0 saturated heterocycles. The van der Waals surface area contributed by atoms with Gasteiger partial charge in [0.05, 0.1) is 22.0 Å². The monoisotopic (exact) mass is 423 g/mol. The lowest BCUT2D eigenvalue weighted by atomic mass is 10.1. The van der Waals surface area contributed by atoms with E-state index in [9.17, 15) is 14.9 Å². The fourth-order valence-electron chi connectivity index (χ4n) is 3.02. The number of nitro benzene ring substituents is 1. The molecule has 3 aromatic rings. The van der Waals surface area contributed by atoms with Crippen molar-refractivity contribution in [3.63, 3.8) is 0 Å². The van der Waals surface area contributed by atoms with Crippen molar-refractivity contribution in [1.29, 1.82) is 0 Å². The molecule has 4 rings (SSSR count). The summed E-state index contributed by atoms with van der Waals surface area (Å²) >= 11 is 1.43. The van der Waals surface area contributed by atoms with Crippen molar-refractivity contribution in [1.82, 2.24) is 4.68 Å². The molecule has 0 saturated carbocycles. The maximum atomic E-state index is 11.6. The predicted molar refractivity (Wildman–Crippen MR) is 114 cm³/mol. The molecule has 1 N–H and O–H groups in total. The molecule has 152 valence electrons. The number of non-ortho nitro benzene ring substituents is 1. The lowest BCUT2D eigenvalue weighted by molar-refractivity contribution is -0.384. The van der Waals surface area contributed by atoms with Crippen LogP contribution in [0.25, 0.3) is 11.3 Å². The molecule has 10 heteroatoms. The number of rotatable bonds is 4. The quantitative estimate of drug-likeness (QED) is 0.394. The summed E-state index contributed by atoms with van der Waals surface area (Å²) in [6, 6.07) is 11.8. The van der Waals surface area contributed by atoms with Crippen molar-refractivity contribution in [2.24, 2.45) is 10.1 Å². The lowest BCUT2D eigenvalue weighted by Crippen LogP contribution is -2.25. The summed E-state index contributed by atoms with van der Waals surface area (Å²) < 4.78 is 7.14. The second-order valence-corrected chi connectivity index (χ2v) is 7.31. The molecule has 1 aliphatic rings. The second-order valence-electron chi connectivity index (χ2n) is 6.48. The fraction of sp³-hybridized carbons (Fsp3) is 0.150. The number of fused-ring (bicyclic) bond motifs is 1. The van der Waals surface area contributed by atoms with Crippen LogP contribution in [0.15, 0.2) is 57.9 Å². The SMILES string of the molecule is CN=c1scc(-c2ccc3c(c2)NC(=O)CO3)n1N=C(C)c1ccc([N+](=O)[O-])cc1. The van der Waals surface area contributed by atoms with Gasteiger partial charge in [-0.1, -0.05) is 0 Å². The van der Waals surface area contributed by atoms with Crippen molar-refractivity contribution in [3.05, 3.63) is 68.3 Å². The second kappa shape index (κ2) is 7.91. The van der Waals surface area contributed by atoms with Gasteiger partial charge in [-0.15, -0.1) is 11.3 Å². The number of ether oxygens (including phenoxy) is 1. The summed E-state index contributed by atoms with van der Waals surface area (Å²) in [4.78, 5) is 27.1. The van der Waals surface area contributed by atoms with Gasteiger partial charge in [0.25, 0.3) is 11.6 Å². The number of hydrogen-bond acceptors (Lipinski definition) is 7. The number of nitro groups is 1. The van der Waals surface area contributed by atoms with Gasteiger partial charge in [0.2, 0.25) is 4.80 Å². The molecule has 0 radical (unpaired) electrons. The number of carbonyl (C=O) groups is 1. The highest BCUT2D eigenvalue weighted by molar-refractivity contribution is 7.07. The van der Waals surface area contributed by atoms with Crippen molar-refractivity contribution in [3.8, 4) is 17.0 Å². The molecule has 0 aliphatic carbocycles. The average Bonchev–Trinajstić information content (AvgIpc) is 3.15. The van der Waals surface area contributed by atoms with Gasteiger partial charge in [-0.05, 0) is 42.8 Å². The summed E-state index contributed by atoms with van der Waals surface area (Å²) in [6.45, 7) is 1.83. The highest BCUT2D eigenvalue weighted by Crippen LogP contribution is 2.33. The van der Waals surface area contributed by atoms with Crippen molar-refractivity contribution in [2.45, 2.75) is 6.92 Å². The van der Waals surface area contributed by atoms with E-state index >= 15 is 0 Å². The molecule has 1 aliphatic heterocycles. The van der Waals surface area contributed by atoms with Gasteiger partial charge in [-0.3, -0.25) is 19.9 Å². The third-order valence-corrected chi connectivity index (χ3v) is 5.44. The Kier molecular flexibility index (Phi) is 5.15. The van der Waals surface area contributed by atoms with E-state index in [4.69, 9.17) is 9.84 Å². The van der Waals surface area contributed by atoms with Crippen LogP contribution in [0.2, 0.25) is 0 Å². The third kappa shape index (κ3) is 3.72. The number of carbonyl (C=O) groups excluding carboxylic acids is 1. The fourth-order valence-corrected chi connectivity index (χ4v) is 3.82. The topological polar surface area (TPSA) is 111 Å². The first-order chi connectivity index (χ1) is 14.5. The molecule has 2 aromatic carbocycles. The lowest BCUT2D eigenvalue weighted by Gasteiger charge is -2.18. The minimum absolute atomic E-state index is 0.00237. The van der Waals surface area contributed by atoms with E-state index in [1.54, 1.807) is 23.9 Å². The van der Waals surface area contributed by atoms with Gasteiger partial charge in [-0.2, -0.15) is 5.10 Å². The summed E-state index contributed by atoms with van der Waals surface area (Å²) in [6.07, 6.45) is 0. The first-order valence-corrected chi connectivity index (χ1v) is 9.85. The van der Waals surface area contributed by atoms with Gasteiger partial charge in [0.15, 0.2) is 6.61 Å². The number of nitrogens with one attached hydrogen (secondary N) is 1. The van der Waals surface area contributed by atoms with E-state index in [2.05, 4.69) is 10.3 Å². The van der Waals surface area contributed by atoms with Crippen molar-refractivity contribution < 1.29 is 14.5 Å². The summed E-state index contributed by atoms with van der Waals surface area (Å²) in [5.41, 5.74) is 3.70. The van der Waals surface area contributed by atoms with Gasteiger partial charge >= 0.3 is 0 Å². The van der Waals surface area contributed by atoms with Crippen LogP contribution in [-0.2, 0) is 4.79 Å². The van der Waals surface area contributed by atoms with Gasteiger partial charge in [-0.25, -0.2) is 4.68 Å². The Hall–Kier alpha value is -3.79. The van der Waals surface area contributed by atoms with Gasteiger partial charge < -0.3 is 10.1 Å².